The van der Waals surface area contributed by atoms with E-state index >= 15 is 0 Å². The molecule has 2 heterocycles. The van der Waals surface area contributed by atoms with Crippen molar-refractivity contribution >= 4 is 5.91 Å². The number of benzene rings is 1. The molecule has 1 N–H and O–H groups in total. The van der Waals surface area contributed by atoms with Gasteiger partial charge < -0.3 is 10.0 Å². The maximum atomic E-state index is 12.8. The molecule has 1 fully saturated rings. The van der Waals surface area contributed by atoms with Crippen LogP contribution in [0, 0.1) is 5.82 Å². The van der Waals surface area contributed by atoms with Crippen LogP contribution in [0.5, 0.6) is 0 Å². The zero-order valence-electron chi connectivity index (χ0n) is 10.7. The first-order valence-corrected chi connectivity index (χ1v) is 6.38. The summed E-state index contributed by atoms with van der Waals surface area (Å²) >= 11 is 0. The van der Waals surface area contributed by atoms with E-state index in [0.717, 1.165) is 5.69 Å². The Kier molecular flexibility index (Phi) is 3.23. The Balaban J connectivity index is 1.67. The van der Waals surface area contributed by atoms with Crippen molar-refractivity contribution in [3.8, 4) is 5.69 Å². The number of carbonyl (C=O) groups is 1. The zero-order chi connectivity index (χ0) is 14.1. The standard InChI is InChI=1S/C14H14FN3O2/c15-10-1-3-12(4-2-10)18-6-5-11(16-18)7-14(20)17-8-13(19)9-17/h1-6,13,19H,7-9H2. The first-order valence-electron chi connectivity index (χ1n) is 6.38. The summed E-state index contributed by atoms with van der Waals surface area (Å²) in [4.78, 5) is 13.4. The van der Waals surface area contributed by atoms with Crippen molar-refractivity contribution in [3.63, 3.8) is 0 Å². The fraction of sp³-hybridized carbons (Fsp3) is 0.286. The Morgan fingerprint density at radius 1 is 1.30 bits per heavy atom. The molecule has 0 atom stereocenters. The number of halogens is 1. The van der Waals surface area contributed by atoms with Crippen LogP contribution in [-0.4, -0.2) is 44.9 Å². The van der Waals surface area contributed by atoms with E-state index in [9.17, 15) is 9.18 Å². The minimum Gasteiger partial charge on any atom is -0.389 e. The summed E-state index contributed by atoms with van der Waals surface area (Å²) in [6.45, 7) is 0.801. The number of aliphatic hydroxyl groups is 1. The summed E-state index contributed by atoms with van der Waals surface area (Å²) in [7, 11) is 0. The molecule has 104 valence electrons. The SMILES string of the molecule is O=C(Cc1ccn(-c2ccc(F)cc2)n1)N1CC(O)C1. The van der Waals surface area contributed by atoms with Gasteiger partial charge in [-0.2, -0.15) is 5.10 Å². The van der Waals surface area contributed by atoms with E-state index in [0.29, 0.717) is 18.8 Å². The van der Waals surface area contributed by atoms with Crippen LogP contribution in [0.3, 0.4) is 0 Å². The summed E-state index contributed by atoms with van der Waals surface area (Å²) in [5.41, 5.74) is 1.39. The van der Waals surface area contributed by atoms with E-state index in [1.807, 2.05) is 0 Å². The van der Waals surface area contributed by atoms with Crippen molar-refractivity contribution in [1.29, 1.82) is 0 Å². The summed E-state index contributed by atoms with van der Waals surface area (Å²) in [5.74, 6) is -0.340. The minimum absolute atomic E-state index is 0.0420. The van der Waals surface area contributed by atoms with Gasteiger partial charge in [0.1, 0.15) is 5.82 Å². The van der Waals surface area contributed by atoms with Gasteiger partial charge in [0.05, 0.1) is 23.9 Å². The molecule has 0 spiro atoms. The molecule has 0 aliphatic carbocycles. The second-order valence-corrected chi connectivity index (χ2v) is 4.86. The average molecular weight is 275 g/mol. The van der Waals surface area contributed by atoms with E-state index in [4.69, 9.17) is 5.11 Å². The third kappa shape index (κ3) is 2.55. The Hall–Kier alpha value is -2.21. The number of carbonyl (C=O) groups excluding carboxylic acids is 1. The molecule has 20 heavy (non-hydrogen) atoms. The van der Waals surface area contributed by atoms with E-state index in [-0.39, 0.29) is 18.1 Å². The highest BCUT2D eigenvalue weighted by atomic mass is 19.1. The molecule has 1 aromatic carbocycles. The topological polar surface area (TPSA) is 58.4 Å². The maximum absolute atomic E-state index is 12.8. The van der Waals surface area contributed by atoms with E-state index < -0.39 is 6.10 Å². The third-order valence-corrected chi connectivity index (χ3v) is 3.28. The van der Waals surface area contributed by atoms with E-state index in [2.05, 4.69) is 5.10 Å². The molecule has 0 radical (unpaired) electrons. The monoisotopic (exact) mass is 275 g/mol. The van der Waals surface area contributed by atoms with Crippen LogP contribution in [0.25, 0.3) is 5.69 Å². The van der Waals surface area contributed by atoms with Gasteiger partial charge in [0.15, 0.2) is 0 Å². The van der Waals surface area contributed by atoms with Gasteiger partial charge in [0.2, 0.25) is 5.91 Å². The third-order valence-electron chi connectivity index (χ3n) is 3.28. The molecular weight excluding hydrogens is 261 g/mol. The Labute approximate surface area is 115 Å². The molecule has 0 unspecified atom stereocenters. The van der Waals surface area contributed by atoms with Gasteiger partial charge in [-0.15, -0.1) is 0 Å². The molecule has 1 saturated heterocycles. The largest absolute Gasteiger partial charge is 0.389 e. The van der Waals surface area contributed by atoms with E-state index in [1.54, 1.807) is 34.0 Å². The number of likely N-dealkylation sites (tertiary alicyclic amines) is 1. The lowest BCUT2D eigenvalue weighted by molar-refractivity contribution is -0.140. The second kappa shape index (κ2) is 5.05. The van der Waals surface area contributed by atoms with Crippen molar-refractivity contribution in [3.05, 3.63) is 48.0 Å². The van der Waals surface area contributed by atoms with Gasteiger partial charge in [-0.1, -0.05) is 0 Å². The number of hydrogen-bond donors (Lipinski definition) is 1. The Bertz CT molecular complexity index is 618. The van der Waals surface area contributed by atoms with Crippen LogP contribution < -0.4 is 0 Å². The van der Waals surface area contributed by atoms with Gasteiger partial charge >= 0.3 is 0 Å². The number of hydrogen-bond acceptors (Lipinski definition) is 3. The number of rotatable bonds is 3. The van der Waals surface area contributed by atoms with Gasteiger partial charge in [0.25, 0.3) is 0 Å². The highest BCUT2D eigenvalue weighted by molar-refractivity contribution is 5.79. The number of aromatic nitrogens is 2. The van der Waals surface area contributed by atoms with Gasteiger partial charge in [-0.3, -0.25) is 4.79 Å². The van der Waals surface area contributed by atoms with Gasteiger partial charge in [0, 0.05) is 19.3 Å². The summed E-state index contributed by atoms with van der Waals surface area (Å²) < 4.78 is 14.4. The maximum Gasteiger partial charge on any atom is 0.228 e. The molecular formula is C14H14FN3O2. The van der Waals surface area contributed by atoms with Crippen LogP contribution in [-0.2, 0) is 11.2 Å². The normalized spacial score (nSPS) is 15.2. The van der Waals surface area contributed by atoms with Crippen molar-refractivity contribution in [2.24, 2.45) is 0 Å². The molecule has 1 amide bonds. The highest BCUT2D eigenvalue weighted by Gasteiger charge is 2.28. The summed E-state index contributed by atoms with van der Waals surface area (Å²) in [6.07, 6.45) is 1.55. The van der Waals surface area contributed by atoms with Crippen molar-refractivity contribution in [1.82, 2.24) is 14.7 Å². The summed E-state index contributed by atoms with van der Waals surface area (Å²) in [6, 6.07) is 7.74. The quantitative estimate of drug-likeness (QED) is 0.899. The lowest BCUT2D eigenvalue weighted by atomic mass is 10.1. The van der Waals surface area contributed by atoms with Crippen molar-refractivity contribution in [2.75, 3.05) is 13.1 Å². The molecule has 6 heteroatoms. The van der Waals surface area contributed by atoms with Crippen LogP contribution >= 0.6 is 0 Å². The smallest absolute Gasteiger partial charge is 0.228 e. The highest BCUT2D eigenvalue weighted by Crippen LogP contribution is 2.12. The molecule has 1 aromatic heterocycles. The zero-order valence-corrected chi connectivity index (χ0v) is 10.7. The van der Waals surface area contributed by atoms with Crippen LogP contribution in [0.1, 0.15) is 5.69 Å². The van der Waals surface area contributed by atoms with Crippen LogP contribution in [0.4, 0.5) is 4.39 Å². The van der Waals surface area contributed by atoms with Gasteiger partial charge in [-0.05, 0) is 30.3 Å². The van der Waals surface area contributed by atoms with Crippen molar-refractivity contribution < 1.29 is 14.3 Å². The number of β-amino-alcohol motifs (C(OH)–C–C–N with tert-alkyl or cyclic N) is 1. The van der Waals surface area contributed by atoms with E-state index in [1.165, 1.54) is 12.1 Å². The summed E-state index contributed by atoms with van der Waals surface area (Å²) in [5, 5.41) is 13.5. The molecule has 0 bridgehead atoms. The Morgan fingerprint density at radius 2 is 2.00 bits per heavy atom. The molecule has 1 aliphatic heterocycles. The Morgan fingerprint density at radius 3 is 2.65 bits per heavy atom. The lowest BCUT2D eigenvalue weighted by Gasteiger charge is -2.35. The van der Waals surface area contributed by atoms with Crippen LogP contribution in [0.15, 0.2) is 36.5 Å². The number of nitrogens with zero attached hydrogens (tertiary/aromatic N) is 3. The predicted octanol–water partition coefficient (Wildman–Crippen LogP) is 0.757. The molecule has 5 nitrogen and oxygen atoms in total. The minimum atomic E-state index is -0.393. The fourth-order valence-electron chi connectivity index (χ4n) is 2.12. The van der Waals surface area contributed by atoms with Crippen molar-refractivity contribution in [2.45, 2.75) is 12.5 Å². The molecule has 3 rings (SSSR count). The first kappa shape index (κ1) is 12.8. The second-order valence-electron chi connectivity index (χ2n) is 4.86. The molecule has 1 aliphatic rings. The average Bonchev–Trinajstić information content (AvgIpc) is 2.84. The lowest BCUT2D eigenvalue weighted by Crippen LogP contribution is -2.54. The number of aliphatic hydroxyl groups excluding tert-OH is 1. The first-order chi connectivity index (χ1) is 9.61. The van der Waals surface area contributed by atoms with Crippen LogP contribution in [0.2, 0.25) is 0 Å². The van der Waals surface area contributed by atoms with Gasteiger partial charge in [-0.25, -0.2) is 9.07 Å². The predicted molar refractivity (Wildman–Crippen MR) is 69.8 cm³/mol. The molecule has 0 saturated carbocycles. The fourth-order valence-corrected chi connectivity index (χ4v) is 2.12. The molecule has 2 aromatic rings. The number of amides is 1.